The highest BCUT2D eigenvalue weighted by Crippen LogP contribution is 2.33. The highest BCUT2D eigenvalue weighted by atomic mass is 19.4. The molecule has 1 heterocycles. The van der Waals surface area contributed by atoms with Gasteiger partial charge in [-0.3, -0.25) is 0 Å². The number of aryl methyl sites for hydroxylation is 1. The molecule has 0 radical (unpaired) electrons. The van der Waals surface area contributed by atoms with Crippen molar-refractivity contribution >= 4 is 10.9 Å². The zero-order valence-corrected chi connectivity index (χ0v) is 10.8. The minimum absolute atomic E-state index is 0.568. The zero-order valence-electron chi connectivity index (χ0n) is 10.8. The highest BCUT2D eigenvalue weighted by Gasteiger charge is 2.30. The molecule has 0 bridgehead atoms. The minimum Gasteiger partial charge on any atom is -0.355 e. The molecule has 2 aromatic carbocycles. The molecular formula is C16H12F3N. The molecule has 4 heteroatoms. The van der Waals surface area contributed by atoms with Gasteiger partial charge in [-0.15, -0.1) is 0 Å². The van der Waals surface area contributed by atoms with E-state index in [1.165, 1.54) is 12.1 Å². The SMILES string of the molecule is Cc1ccccc1-c1cc2cc(C(F)(F)F)ccc2[nH]1. The molecule has 0 saturated carbocycles. The summed E-state index contributed by atoms with van der Waals surface area (Å²) < 4.78 is 38.1. The number of benzene rings is 2. The molecule has 102 valence electrons. The van der Waals surface area contributed by atoms with Crippen LogP contribution in [0.15, 0.2) is 48.5 Å². The summed E-state index contributed by atoms with van der Waals surface area (Å²) in [6.07, 6.45) is -4.31. The van der Waals surface area contributed by atoms with E-state index in [4.69, 9.17) is 0 Å². The van der Waals surface area contributed by atoms with Crippen molar-refractivity contribution in [1.82, 2.24) is 4.98 Å². The second-order valence-electron chi connectivity index (χ2n) is 4.80. The van der Waals surface area contributed by atoms with Crippen LogP contribution in [0.1, 0.15) is 11.1 Å². The molecule has 0 amide bonds. The van der Waals surface area contributed by atoms with Gasteiger partial charge >= 0.3 is 6.18 Å². The van der Waals surface area contributed by atoms with Gasteiger partial charge in [-0.1, -0.05) is 24.3 Å². The number of alkyl halides is 3. The lowest BCUT2D eigenvalue weighted by Crippen LogP contribution is -2.03. The number of fused-ring (bicyclic) bond motifs is 1. The molecule has 3 rings (SSSR count). The third-order valence-corrected chi connectivity index (χ3v) is 3.38. The lowest BCUT2D eigenvalue weighted by molar-refractivity contribution is -0.137. The summed E-state index contributed by atoms with van der Waals surface area (Å²) >= 11 is 0. The van der Waals surface area contributed by atoms with Crippen molar-refractivity contribution < 1.29 is 13.2 Å². The molecule has 0 aliphatic carbocycles. The van der Waals surface area contributed by atoms with Crippen molar-refractivity contribution in [3.63, 3.8) is 0 Å². The normalized spacial score (nSPS) is 12.0. The van der Waals surface area contributed by atoms with E-state index in [2.05, 4.69) is 4.98 Å². The third-order valence-electron chi connectivity index (χ3n) is 3.38. The average molecular weight is 275 g/mol. The van der Waals surface area contributed by atoms with Gasteiger partial charge < -0.3 is 4.98 Å². The first-order valence-corrected chi connectivity index (χ1v) is 6.21. The topological polar surface area (TPSA) is 15.8 Å². The summed E-state index contributed by atoms with van der Waals surface area (Å²) in [5, 5.41) is 0.568. The van der Waals surface area contributed by atoms with Gasteiger partial charge in [-0.2, -0.15) is 13.2 Å². The van der Waals surface area contributed by atoms with Gasteiger partial charge in [-0.05, 0) is 36.8 Å². The maximum atomic E-state index is 12.7. The Bertz CT molecular complexity index is 769. The molecule has 3 aromatic rings. The van der Waals surface area contributed by atoms with Crippen LogP contribution < -0.4 is 0 Å². The van der Waals surface area contributed by atoms with E-state index in [1.807, 2.05) is 31.2 Å². The summed E-state index contributed by atoms with van der Waals surface area (Å²) in [4.78, 5) is 3.16. The number of aromatic amines is 1. The van der Waals surface area contributed by atoms with Crippen molar-refractivity contribution in [2.75, 3.05) is 0 Å². The number of nitrogens with one attached hydrogen (secondary N) is 1. The lowest BCUT2D eigenvalue weighted by atomic mass is 10.1. The van der Waals surface area contributed by atoms with Crippen LogP contribution in [0.4, 0.5) is 13.2 Å². The molecule has 1 nitrogen and oxygen atoms in total. The minimum atomic E-state index is -4.31. The first kappa shape index (κ1) is 12.8. The Kier molecular flexibility index (Phi) is 2.82. The van der Waals surface area contributed by atoms with Crippen molar-refractivity contribution in [3.8, 4) is 11.3 Å². The zero-order chi connectivity index (χ0) is 14.3. The molecule has 0 saturated heterocycles. The summed E-state index contributed by atoms with van der Waals surface area (Å²) in [6.45, 7) is 1.97. The molecule has 0 spiro atoms. The van der Waals surface area contributed by atoms with Crippen LogP contribution in [0.3, 0.4) is 0 Å². The van der Waals surface area contributed by atoms with Gasteiger partial charge in [0.15, 0.2) is 0 Å². The van der Waals surface area contributed by atoms with E-state index in [0.29, 0.717) is 10.9 Å². The number of aromatic nitrogens is 1. The van der Waals surface area contributed by atoms with Crippen LogP contribution in [0.2, 0.25) is 0 Å². The number of H-pyrrole nitrogens is 1. The highest BCUT2D eigenvalue weighted by molar-refractivity contribution is 5.87. The van der Waals surface area contributed by atoms with E-state index in [9.17, 15) is 13.2 Å². The number of hydrogen-bond acceptors (Lipinski definition) is 0. The number of hydrogen-bond donors (Lipinski definition) is 1. The summed E-state index contributed by atoms with van der Waals surface area (Å²) in [5.41, 5.74) is 2.99. The molecule has 0 atom stereocenters. The van der Waals surface area contributed by atoms with Gasteiger partial charge in [0.25, 0.3) is 0 Å². The van der Waals surface area contributed by atoms with Crippen molar-refractivity contribution in [3.05, 3.63) is 59.7 Å². The third kappa shape index (κ3) is 2.18. The van der Waals surface area contributed by atoms with Gasteiger partial charge in [0.05, 0.1) is 5.56 Å². The van der Waals surface area contributed by atoms with Crippen LogP contribution in [0, 0.1) is 6.92 Å². The van der Waals surface area contributed by atoms with E-state index in [0.717, 1.165) is 22.9 Å². The van der Waals surface area contributed by atoms with E-state index >= 15 is 0 Å². The van der Waals surface area contributed by atoms with Crippen molar-refractivity contribution in [2.24, 2.45) is 0 Å². The standard InChI is InChI=1S/C16H12F3N/c1-10-4-2-3-5-13(10)15-9-11-8-12(16(17,18)19)6-7-14(11)20-15/h2-9,20H,1H3. The van der Waals surface area contributed by atoms with E-state index < -0.39 is 11.7 Å². The Labute approximate surface area is 114 Å². The second-order valence-corrected chi connectivity index (χ2v) is 4.80. The van der Waals surface area contributed by atoms with E-state index in [1.54, 1.807) is 6.07 Å². The monoisotopic (exact) mass is 275 g/mol. The summed E-state index contributed by atoms with van der Waals surface area (Å²) in [7, 11) is 0. The van der Waals surface area contributed by atoms with Crippen LogP contribution in [-0.4, -0.2) is 4.98 Å². The molecule has 1 aromatic heterocycles. The average Bonchev–Trinajstić information content (AvgIpc) is 2.80. The maximum Gasteiger partial charge on any atom is 0.416 e. The van der Waals surface area contributed by atoms with Crippen LogP contribution >= 0.6 is 0 Å². The first-order chi connectivity index (χ1) is 9.45. The fourth-order valence-electron chi connectivity index (χ4n) is 2.33. The molecule has 1 N–H and O–H groups in total. The van der Waals surface area contributed by atoms with Gasteiger partial charge in [0, 0.05) is 22.2 Å². The van der Waals surface area contributed by atoms with Gasteiger partial charge in [0.2, 0.25) is 0 Å². The fraction of sp³-hybridized carbons (Fsp3) is 0.125. The predicted molar refractivity (Wildman–Crippen MR) is 73.5 cm³/mol. The first-order valence-electron chi connectivity index (χ1n) is 6.21. The van der Waals surface area contributed by atoms with Crippen molar-refractivity contribution in [2.45, 2.75) is 13.1 Å². The van der Waals surface area contributed by atoms with E-state index in [-0.39, 0.29) is 0 Å². The molecule has 0 aliphatic heterocycles. The molecule has 0 fully saturated rings. The van der Waals surface area contributed by atoms with Crippen LogP contribution in [-0.2, 0) is 6.18 Å². The molecular weight excluding hydrogens is 263 g/mol. The number of halogens is 3. The van der Waals surface area contributed by atoms with Crippen LogP contribution in [0.5, 0.6) is 0 Å². The molecule has 0 unspecified atom stereocenters. The van der Waals surface area contributed by atoms with Gasteiger partial charge in [-0.25, -0.2) is 0 Å². The Hall–Kier alpha value is -2.23. The Morgan fingerprint density at radius 2 is 1.70 bits per heavy atom. The van der Waals surface area contributed by atoms with Crippen LogP contribution in [0.25, 0.3) is 22.2 Å². The quantitative estimate of drug-likeness (QED) is 0.631. The lowest BCUT2D eigenvalue weighted by Gasteiger charge is -2.05. The van der Waals surface area contributed by atoms with Gasteiger partial charge in [0.1, 0.15) is 0 Å². The second kappa shape index (κ2) is 4.40. The largest absolute Gasteiger partial charge is 0.416 e. The summed E-state index contributed by atoms with van der Waals surface area (Å²) in [5.74, 6) is 0. The Morgan fingerprint density at radius 1 is 0.950 bits per heavy atom. The Balaban J connectivity index is 2.14. The maximum absolute atomic E-state index is 12.7. The number of rotatable bonds is 1. The molecule has 20 heavy (non-hydrogen) atoms. The summed E-state index contributed by atoms with van der Waals surface area (Å²) in [6, 6.07) is 13.3. The van der Waals surface area contributed by atoms with Crippen molar-refractivity contribution in [1.29, 1.82) is 0 Å². The predicted octanol–water partition coefficient (Wildman–Crippen LogP) is 5.16. The smallest absolute Gasteiger partial charge is 0.355 e. The molecule has 0 aliphatic rings. The Morgan fingerprint density at radius 3 is 2.40 bits per heavy atom. The fourth-order valence-corrected chi connectivity index (χ4v) is 2.33.